The summed E-state index contributed by atoms with van der Waals surface area (Å²) in [5.41, 5.74) is 5.09. The summed E-state index contributed by atoms with van der Waals surface area (Å²) < 4.78 is 5.87. The minimum absolute atomic E-state index is 0.311. The normalized spacial score (nSPS) is 28.4. The summed E-state index contributed by atoms with van der Waals surface area (Å²) in [5, 5.41) is 9.08. The van der Waals surface area contributed by atoms with Gasteiger partial charge in [0.05, 0.1) is 7.11 Å². The molecule has 6 rings (SSSR count). The molecule has 0 radical (unpaired) electrons. The average Bonchev–Trinajstić information content (AvgIpc) is 2.80. The lowest BCUT2D eigenvalue weighted by Crippen LogP contribution is -2.48. The highest BCUT2D eigenvalue weighted by Crippen LogP contribution is 2.61. The molecule has 1 N–H and O–H groups in total. The molecular weight excluding hydrogens is 408 g/mol. The highest BCUT2D eigenvalue weighted by atomic mass is 16.5. The number of hydrogen-bond donors (Lipinski definition) is 1. The fourth-order valence-electron chi connectivity index (χ4n) is 7.23. The van der Waals surface area contributed by atoms with E-state index >= 15 is 0 Å². The third-order valence-electron chi connectivity index (χ3n) is 8.18. The number of hydrogen-bond acceptors (Lipinski definition) is 2. The molecule has 4 fully saturated rings. The SMILES string of the molecule is COc1ccc(CC/C=C(/C=CC(=O)O)c2ccccc2)cc1C12CC3CC(CC(C3)C1)C2. The molecule has 3 nitrogen and oxygen atoms in total. The van der Waals surface area contributed by atoms with Gasteiger partial charge in [-0.05, 0) is 103 Å². The molecule has 4 aliphatic rings. The van der Waals surface area contributed by atoms with Crippen LogP contribution in [0.3, 0.4) is 0 Å². The van der Waals surface area contributed by atoms with Crippen molar-refractivity contribution in [2.24, 2.45) is 17.8 Å². The van der Waals surface area contributed by atoms with E-state index in [9.17, 15) is 4.79 Å². The van der Waals surface area contributed by atoms with Crippen molar-refractivity contribution in [1.29, 1.82) is 0 Å². The first kappa shape index (κ1) is 22.0. The third kappa shape index (κ3) is 4.64. The first-order chi connectivity index (χ1) is 16.0. The number of aliphatic carboxylic acids is 1. The van der Waals surface area contributed by atoms with E-state index in [1.807, 2.05) is 37.4 Å². The minimum Gasteiger partial charge on any atom is -0.496 e. The molecule has 4 saturated carbocycles. The molecule has 0 atom stereocenters. The molecule has 2 aromatic carbocycles. The van der Waals surface area contributed by atoms with Crippen LogP contribution in [0.2, 0.25) is 0 Å². The van der Waals surface area contributed by atoms with Gasteiger partial charge in [0.1, 0.15) is 5.75 Å². The van der Waals surface area contributed by atoms with Crippen LogP contribution in [0.5, 0.6) is 5.75 Å². The van der Waals surface area contributed by atoms with Crippen molar-refractivity contribution in [3.63, 3.8) is 0 Å². The summed E-state index contributed by atoms with van der Waals surface area (Å²) in [6.45, 7) is 0. The first-order valence-corrected chi connectivity index (χ1v) is 12.4. The smallest absolute Gasteiger partial charge is 0.328 e. The Hall–Kier alpha value is -2.81. The lowest BCUT2D eigenvalue weighted by molar-refractivity contribution is -0.131. The van der Waals surface area contributed by atoms with Crippen molar-refractivity contribution in [1.82, 2.24) is 0 Å². The van der Waals surface area contributed by atoms with Gasteiger partial charge in [0.2, 0.25) is 0 Å². The largest absolute Gasteiger partial charge is 0.496 e. The Kier molecular flexibility index (Phi) is 6.14. The zero-order valence-corrected chi connectivity index (χ0v) is 19.5. The molecule has 0 aliphatic heterocycles. The maximum absolute atomic E-state index is 11.1. The van der Waals surface area contributed by atoms with Crippen molar-refractivity contribution in [2.75, 3.05) is 7.11 Å². The quantitative estimate of drug-likeness (QED) is 0.360. The summed E-state index contributed by atoms with van der Waals surface area (Å²) in [6, 6.07) is 16.8. The van der Waals surface area contributed by atoms with Crippen LogP contribution in [0.15, 0.2) is 66.8 Å². The molecule has 4 bridgehead atoms. The molecule has 0 aromatic heterocycles. The Morgan fingerprint density at radius 2 is 1.67 bits per heavy atom. The van der Waals surface area contributed by atoms with Crippen LogP contribution in [0, 0.1) is 17.8 Å². The molecule has 4 aliphatic carbocycles. The second-order valence-corrected chi connectivity index (χ2v) is 10.5. The first-order valence-electron chi connectivity index (χ1n) is 12.4. The van der Waals surface area contributed by atoms with Crippen LogP contribution in [0.25, 0.3) is 5.57 Å². The maximum Gasteiger partial charge on any atom is 0.328 e. The predicted molar refractivity (Wildman–Crippen MR) is 132 cm³/mol. The van der Waals surface area contributed by atoms with Crippen LogP contribution in [-0.4, -0.2) is 18.2 Å². The molecule has 0 unspecified atom stereocenters. The van der Waals surface area contributed by atoms with Crippen molar-refractivity contribution in [3.8, 4) is 5.75 Å². The van der Waals surface area contributed by atoms with Crippen LogP contribution in [0.4, 0.5) is 0 Å². The Balaban J connectivity index is 1.38. The summed E-state index contributed by atoms with van der Waals surface area (Å²) in [5.74, 6) is 2.85. The topological polar surface area (TPSA) is 46.5 Å². The number of ether oxygens (including phenoxy) is 1. The van der Waals surface area contributed by atoms with Gasteiger partial charge < -0.3 is 9.84 Å². The standard InChI is InChI=1S/C30H34O3/c1-33-28-12-10-21(6-5-9-26(11-13-29(31)32)25-7-3-2-4-8-25)17-27(28)30-18-22-14-23(19-30)16-24(15-22)20-30/h2-4,7-13,17,22-24H,5-6,14-16,18-20H2,1H3,(H,31,32)/b13-11?,26-9-. The lowest BCUT2D eigenvalue weighted by atomic mass is 9.48. The van der Waals surface area contributed by atoms with Gasteiger partial charge in [-0.1, -0.05) is 48.5 Å². The number of carbonyl (C=O) groups is 1. The van der Waals surface area contributed by atoms with E-state index in [2.05, 4.69) is 24.3 Å². The molecule has 0 spiro atoms. The zero-order chi connectivity index (χ0) is 22.8. The van der Waals surface area contributed by atoms with Gasteiger partial charge in [-0.15, -0.1) is 0 Å². The molecule has 0 heterocycles. The van der Waals surface area contributed by atoms with E-state index in [0.717, 1.165) is 47.5 Å². The van der Waals surface area contributed by atoms with Gasteiger partial charge in [0.25, 0.3) is 0 Å². The number of aryl methyl sites for hydroxylation is 1. The van der Waals surface area contributed by atoms with E-state index in [0.29, 0.717) is 5.41 Å². The van der Waals surface area contributed by atoms with Crippen LogP contribution < -0.4 is 4.74 Å². The molecule has 172 valence electrons. The van der Waals surface area contributed by atoms with Gasteiger partial charge in [0, 0.05) is 11.6 Å². The fraction of sp³-hybridized carbons (Fsp3) is 0.433. The van der Waals surface area contributed by atoms with Crippen LogP contribution >= 0.6 is 0 Å². The highest BCUT2D eigenvalue weighted by Gasteiger charge is 2.52. The van der Waals surface area contributed by atoms with Gasteiger partial charge in [-0.25, -0.2) is 4.79 Å². The Labute approximate surface area is 197 Å². The fourth-order valence-corrected chi connectivity index (χ4v) is 7.23. The Bertz CT molecular complexity index is 1030. The monoisotopic (exact) mass is 442 g/mol. The van der Waals surface area contributed by atoms with Gasteiger partial charge >= 0.3 is 5.97 Å². The van der Waals surface area contributed by atoms with Gasteiger partial charge in [-0.2, -0.15) is 0 Å². The Morgan fingerprint density at radius 1 is 1.00 bits per heavy atom. The van der Waals surface area contributed by atoms with E-state index in [1.165, 1.54) is 55.7 Å². The summed E-state index contributed by atoms with van der Waals surface area (Å²) in [4.78, 5) is 11.1. The van der Waals surface area contributed by atoms with Crippen molar-refractivity contribution < 1.29 is 14.6 Å². The molecule has 0 saturated heterocycles. The summed E-state index contributed by atoms with van der Waals surface area (Å²) >= 11 is 0. The summed E-state index contributed by atoms with van der Waals surface area (Å²) in [6.07, 6.45) is 15.2. The van der Waals surface area contributed by atoms with Gasteiger partial charge in [0.15, 0.2) is 0 Å². The number of rotatable bonds is 8. The number of carboxylic acid groups (broad SMARTS) is 1. The molecular formula is C30H34O3. The predicted octanol–water partition coefficient (Wildman–Crippen LogP) is 6.82. The minimum atomic E-state index is -0.924. The maximum atomic E-state index is 11.1. The molecule has 3 heteroatoms. The van der Waals surface area contributed by atoms with Crippen molar-refractivity contribution in [3.05, 3.63) is 83.4 Å². The van der Waals surface area contributed by atoms with Crippen LogP contribution in [0.1, 0.15) is 61.6 Å². The molecule has 2 aromatic rings. The third-order valence-corrected chi connectivity index (χ3v) is 8.18. The van der Waals surface area contributed by atoms with E-state index in [4.69, 9.17) is 9.84 Å². The number of carboxylic acids is 1. The second-order valence-electron chi connectivity index (χ2n) is 10.5. The summed E-state index contributed by atoms with van der Waals surface area (Å²) in [7, 11) is 1.81. The Morgan fingerprint density at radius 3 is 2.27 bits per heavy atom. The van der Waals surface area contributed by atoms with Gasteiger partial charge in [-0.3, -0.25) is 0 Å². The van der Waals surface area contributed by atoms with Crippen molar-refractivity contribution >= 4 is 11.5 Å². The lowest BCUT2D eigenvalue weighted by Gasteiger charge is -2.57. The van der Waals surface area contributed by atoms with E-state index < -0.39 is 5.97 Å². The number of allylic oxidation sites excluding steroid dienone is 3. The number of benzene rings is 2. The molecule has 33 heavy (non-hydrogen) atoms. The molecule has 0 amide bonds. The highest BCUT2D eigenvalue weighted by molar-refractivity contribution is 5.85. The zero-order valence-electron chi connectivity index (χ0n) is 19.5. The van der Waals surface area contributed by atoms with Crippen molar-refractivity contribution in [2.45, 2.75) is 56.8 Å². The average molecular weight is 443 g/mol. The number of methoxy groups -OCH3 is 1. The van der Waals surface area contributed by atoms with E-state index in [-0.39, 0.29) is 0 Å². The second kappa shape index (κ2) is 9.21. The van der Waals surface area contributed by atoms with E-state index in [1.54, 1.807) is 6.08 Å². The van der Waals surface area contributed by atoms with Crippen LogP contribution in [-0.2, 0) is 16.6 Å².